The molecule has 1 amide bonds. The summed E-state index contributed by atoms with van der Waals surface area (Å²) in [5.74, 6) is -1.29. The van der Waals surface area contributed by atoms with Gasteiger partial charge in [0.05, 0.1) is 25.4 Å². The number of hydrogen-bond donors (Lipinski definition) is 6. The summed E-state index contributed by atoms with van der Waals surface area (Å²) in [6.07, 6.45) is 71.1. The van der Waals surface area contributed by atoms with E-state index in [-0.39, 0.29) is 19.4 Å². The molecule has 6 N–H and O–H groups in total. The lowest BCUT2D eigenvalue weighted by atomic mass is 9.99. The minimum atomic E-state index is -1.65. The number of carbonyl (C=O) groups is 2. The second-order valence-electron chi connectivity index (χ2n) is 22.5. The van der Waals surface area contributed by atoms with Gasteiger partial charge in [0.1, 0.15) is 24.4 Å². The van der Waals surface area contributed by atoms with Crippen LogP contribution in [0.5, 0.6) is 0 Å². The fraction of sp³-hybridized carbons (Fsp3) is 0.694. The van der Waals surface area contributed by atoms with Gasteiger partial charge in [-0.2, -0.15) is 0 Å². The molecule has 1 fully saturated rings. The van der Waals surface area contributed by atoms with Crippen LogP contribution in [0.1, 0.15) is 258 Å². The van der Waals surface area contributed by atoms with E-state index in [0.717, 1.165) is 96.3 Å². The molecule has 1 aliphatic heterocycles. The minimum Gasteiger partial charge on any atom is -0.454 e. The summed E-state index contributed by atoms with van der Waals surface area (Å²) >= 11 is 0. The predicted molar refractivity (Wildman–Crippen MR) is 347 cm³/mol. The molecular weight excluding hydrogens is 1040 g/mol. The maximum atomic E-state index is 13.5. The molecule has 11 nitrogen and oxygen atoms in total. The van der Waals surface area contributed by atoms with E-state index in [1.54, 1.807) is 6.08 Å². The van der Waals surface area contributed by atoms with Crippen molar-refractivity contribution in [2.45, 2.75) is 307 Å². The average Bonchev–Trinajstić information content (AvgIpc) is 3.69. The SMILES string of the molecule is CC/C=C\C/C=C\C/C=C\C/C=C\C/C=C\C/C=C\CCC(=O)OC1C(OCC(NC(=O)C(O)CCCCCCCCCCCCC/C=C\C/C=C\C/C=C\CCCCC)C(O)/C=C/CCCCCCCCCCC)OC(CO)C(O)C1O. The van der Waals surface area contributed by atoms with Gasteiger partial charge in [-0.05, 0) is 103 Å². The Morgan fingerprint density at radius 1 is 0.482 bits per heavy atom. The van der Waals surface area contributed by atoms with Gasteiger partial charge in [-0.15, -0.1) is 0 Å². The summed E-state index contributed by atoms with van der Waals surface area (Å²) < 4.78 is 17.6. The Hall–Kier alpha value is -3.94. The summed E-state index contributed by atoms with van der Waals surface area (Å²) in [4.78, 5) is 26.6. The lowest BCUT2D eigenvalue weighted by molar-refractivity contribution is -0.305. The van der Waals surface area contributed by atoms with Gasteiger partial charge < -0.3 is 45.1 Å². The number of nitrogens with one attached hydrogen (secondary N) is 1. The molecule has 0 aliphatic carbocycles. The van der Waals surface area contributed by atoms with E-state index in [1.807, 2.05) is 18.2 Å². The van der Waals surface area contributed by atoms with Crippen LogP contribution in [-0.2, 0) is 23.8 Å². The quantitative estimate of drug-likeness (QED) is 0.0195. The third kappa shape index (κ3) is 46.0. The number of hydrogen-bond acceptors (Lipinski definition) is 10. The van der Waals surface area contributed by atoms with Crippen molar-refractivity contribution in [2.75, 3.05) is 13.2 Å². The van der Waals surface area contributed by atoms with Crippen LogP contribution in [0, 0.1) is 0 Å². The number of amides is 1. The molecule has 0 aromatic heterocycles. The molecule has 1 rings (SSSR count). The maximum Gasteiger partial charge on any atom is 0.306 e. The van der Waals surface area contributed by atoms with Gasteiger partial charge in [-0.3, -0.25) is 9.59 Å². The summed E-state index contributed by atoms with van der Waals surface area (Å²) in [6, 6.07) is -1.05. The van der Waals surface area contributed by atoms with Gasteiger partial charge in [0.2, 0.25) is 5.91 Å². The number of carbonyl (C=O) groups excluding carboxylic acids is 2. The lowest BCUT2D eigenvalue weighted by Gasteiger charge is -2.41. The highest BCUT2D eigenvalue weighted by Crippen LogP contribution is 2.26. The summed E-state index contributed by atoms with van der Waals surface area (Å²) in [6.45, 7) is 5.60. The third-order valence-corrected chi connectivity index (χ3v) is 14.9. The fourth-order valence-electron chi connectivity index (χ4n) is 9.62. The lowest BCUT2D eigenvalue weighted by Crippen LogP contribution is -2.61. The predicted octanol–water partition coefficient (Wildman–Crippen LogP) is 16.6. The number of allylic oxidation sites excluding steroid dienone is 19. The molecule has 1 saturated heterocycles. The number of aliphatic hydroxyl groups is 5. The smallest absolute Gasteiger partial charge is 0.306 e. The molecule has 0 aromatic carbocycles. The van der Waals surface area contributed by atoms with Crippen molar-refractivity contribution < 1.29 is 49.3 Å². The number of rotatable bonds is 55. The first-order valence-corrected chi connectivity index (χ1v) is 33.3. The normalized spacial score (nSPS) is 19.3. The van der Waals surface area contributed by atoms with Crippen molar-refractivity contribution in [2.24, 2.45) is 0 Å². The summed E-state index contributed by atoms with van der Waals surface area (Å²) in [5, 5.41) is 57.0. The van der Waals surface area contributed by atoms with Gasteiger partial charge >= 0.3 is 5.97 Å². The zero-order valence-electron chi connectivity index (χ0n) is 52.5. The first kappa shape index (κ1) is 77.1. The van der Waals surface area contributed by atoms with Crippen molar-refractivity contribution in [3.63, 3.8) is 0 Å². The summed E-state index contributed by atoms with van der Waals surface area (Å²) in [7, 11) is 0. The van der Waals surface area contributed by atoms with Crippen LogP contribution < -0.4 is 5.32 Å². The largest absolute Gasteiger partial charge is 0.454 e. The van der Waals surface area contributed by atoms with Crippen LogP contribution in [0.2, 0.25) is 0 Å². The van der Waals surface area contributed by atoms with E-state index < -0.39 is 67.4 Å². The zero-order chi connectivity index (χ0) is 60.3. The number of esters is 1. The Morgan fingerprint density at radius 2 is 0.867 bits per heavy atom. The first-order valence-electron chi connectivity index (χ1n) is 33.3. The molecule has 0 radical (unpaired) electrons. The van der Waals surface area contributed by atoms with E-state index in [1.165, 1.54) is 109 Å². The second-order valence-corrected chi connectivity index (χ2v) is 22.5. The van der Waals surface area contributed by atoms with Crippen LogP contribution in [0.25, 0.3) is 0 Å². The van der Waals surface area contributed by atoms with Gasteiger partial charge in [-0.25, -0.2) is 0 Å². The number of aliphatic hydroxyl groups excluding tert-OH is 5. The summed E-state index contributed by atoms with van der Waals surface area (Å²) in [5.41, 5.74) is 0. The molecule has 83 heavy (non-hydrogen) atoms. The molecule has 0 spiro atoms. The van der Waals surface area contributed by atoms with E-state index in [2.05, 4.69) is 123 Å². The molecule has 0 saturated carbocycles. The highest BCUT2D eigenvalue weighted by Gasteiger charge is 2.47. The standard InChI is InChI=1S/C72H121NO10/c1-4-7-10-13-16-19-22-24-26-28-30-31-32-33-34-36-37-39-41-44-47-50-53-56-59-65(76)71(80)73-63(64(75)58-55-52-49-46-43-21-18-15-12-9-6-3)62-81-72-70(69(79)68(78)66(61-74)82-72)83-67(77)60-57-54-51-48-45-42-40-38-35-29-27-25-23-20-17-14-11-8-5-2/h8,11,16-17,19-20,24-27,30-31,35,38,42,45,51,54-55,58,63-66,68-70,72,74-76,78-79H,4-7,9-10,12-15,18,21-23,28-29,32-34,36-37,39-41,43-44,46-50,52-53,56-57,59-62H2,1-3H3,(H,73,80)/b11-8-,19-16-,20-17-,26-24-,27-25-,31-30-,38-35-,45-42-,54-51-,58-55+. The van der Waals surface area contributed by atoms with E-state index in [4.69, 9.17) is 14.2 Å². The minimum absolute atomic E-state index is 0.00745. The van der Waals surface area contributed by atoms with Crippen LogP contribution in [0.15, 0.2) is 122 Å². The van der Waals surface area contributed by atoms with Crippen molar-refractivity contribution in [3.8, 4) is 0 Å². The van der Waals surface area contributed by atoms with Gasteiger partial charge in [0.15, 0.2) is 12.4 Å². The topological polar surface area (TPSA) is 175 Å². The Labute approximate surface area is 506 Å². The van der Waals surface area contributed by atoms with Gasteiger partial charge in [-0.1, -0.05) is 271 Å². The van der Waals surface area contributed by atoms with Crippen LogP contribution in [-0.4, -0.2) is 99.6 Å². The number of unbranched alkanes of at least 4 members (excludes halogenated alkanes) is 23. The Balaban J connectivity index is 2.64. The first-order chi connectivity index (χ1) is 40.7. The molecule has 0 bridgehead atoms. The van der Waals surface area contributed by atoms with E-state index >= 15 is 0 Å². The molecule has 1 aliphatic rings. The van der Waals surface area contributed by atoms with Gasteiger partial charge in [0, 0.05) is 6.42 Å². The van der Waals surface area contributed by atoms with Gasteiger partial charge in [0.25, 0.3) is 0 Å². The molecule has 11 heteroatoms. The second kappa shape index (κ2) is 58.4. The average molecular weight is 1160 g/mol. The zero-order valence-corrected chi connectivity index (χ0v) is 52.5. The van der Waals surface area contributed by atoms with Crippen molar-refractivity contribution in [1.82, 2.24) is 5.32 Å². The Morgan fingerprint density at radius 3 is 1.33 bits per heavy atom. The third-order valence-electron chi connectivity index (χ3n) is 14.9. The van der Waals surface area contributed by atoms with E-state index in [0.29, 0.717) is 19.3 Å². The highest BCUT2D eigenvalue weighted by molar-refractivity contribution is 5.80. The van der Waals surface area contributed by atoms with Crippen molar-refractivity contribution >= 4 is 11.9 Å². The molecule has 8 atom stereocenters. The van der Waals surface area contributed by atoms with Crippen molar-refractivity contribution in [1.29, 1.82) is 0 Å². The fourth-order valence-corrected chi connectivity index (χ4v) is 9.62. The van der Waals surface area contributed by atoms with Crippen LogP contribution >= 0.6 is 0 Å². The number of ether oxygens (including phenoxy) is 3. The highest BCUT2D eigenvalue weighted by atomic mass is 16.7. The maximum absolute atomic E-state index is 13.5. The van der Waals surface area contributed by atoms with Crippen LogP contribution in [0.4, 0.5) is 0 Å². The Bertz CT molecular complexity index is 1810. The Kier molecular flexibility index (Phi) is 54.3. The molecular formula is C72H121NO10. The molecule has 8 unspecified atom stereocenters. The van der Waals surface area contributed by atoms with Crippen molar-refractivity contribution in [3.05, 3.63) is 122 Å². The van der Waals surface area contributed by atoms with Crippen LogP contribution in [0.3, 0.4) is 0 Å². The molecule has 0 aromatic rings. The molecule has 474 valence electrons. The monoisotopic (exact) mass is 1160 g/mol. The molecule has 1 heterocycles. The van der Waals surface area contributed by atoms with E-state index in [9.17, 15) is 35.1 Å².